The number of aliphatic hydroxyl groups excluding tert-OH is 2. The van der Waals surface area contributed by atoms with Crippen molar-refractivity contribution in [1.82, 2.24) is 4.90 Å². The van der Waals surface area contributed by atoms with Gasteiger partial charge in [0, 0.05) is 13.1 Å². The van der Waals surface area contributed by atoms with E-state index < -0.39 is 6.10 Å². The van der Waals surface area contributed by atoms with Crippen molar-refractivity contribution in [2.45, 2.75) is 38.3 Å². The van der Waals surface area contributed by atoms with Gasteiger partial charge in [0.1, 0.15) is 0 Å². The lowest BCUT2D eigenvalue weighted by Crippen LogP contribution is -2.31. The van der Waals surface area contributed by atoms with E-state index >= 15 is 0 Å². The molecule has 1 atom stereocenters. The number of hydrogen-bond donors (Lipinski definition) is 2. The first kappa shape index (κ1) is 13.5. The molecule has 0 aliphatic heterocycles. The van der Waals surface area contributed by atoms with E-state index in [0.29, 0.717) is 6.54 Å². The summed E-state index contributed by atoms with van der Waals surface area (Å²) in [4.78, 5) is 2.05. The second-order valence-corrected chi connectivity index (χ2v) is 5.34. The Morgan fingerprint density at radius 1 is 1.22 bits per heavy atom. The maximum Gasteiger partial charge on any atom is 0.0897 e. The summed E-state index contributed by atoms with van der Waals surface area (Å²) in [6, 6.07) is 6.74. The second kappa shape index (κ2) is 6.32. The van der Waals surface area contributed by atoms with Crippen LogP contribution in [0.25, 0.3) is 0 Å². The third-order valence-corrected chi connectivity index (χ3v) is 3.60. The third kappa shape index (κ3) is 3.55. The zero-order valence-corrected chi connectivity index (χ0v) is 11.1. The SMILES string of the molecule is CN(Cc1ccc2c(c1)CCCC2)CC(O)CO. The van der Waals surface area contributed by atoms with E-state index in [2.05, 4.69) is 18.2 Å². The van der Waals surface area contributed by atoms with Crippen LogP contribution in [-0.2, 0) is 19.4 Å². The standard InChI is InChI=1S/C15H23NO2/c1-16(10-15(18)11-17)9-12-6-7-13-4-2-3-5-14(13)8-12/h6-8,15,17-18H,2-5,9-11H2,1H3. The molecule has 1 aliphatic rings. The molecule has 2 rings (SSSR count). The minimum Gasteiger partial charge on any atom is -0.394 e. The minimum atomic E-state index is -0.646. The highest BCUT2D eigenvalue weighted by Gasteiger charge is 2.11. The highest BCUT2D eigenvalue weighted by atomic mass is 16.3. The quantitative estimate of drug-likeness (QED) is 0.828. The van der Waals surface area contributed by atoms with E-state index in [0.717, 1.165) is 6.54 Å². The predicted octanol–water partition coefficient (Wildman–Crippen LogP) is 1.35. The lowest BCUT2D eigenvalue weighted by molar-refractivity contribution is 0.0648. The Bertz CT molecular complexity index is 392. The first-order valence-electron chi connectivity index (χ1n) is 6.77. The van der Waals surface area contributed by atoms with Crippen molar-refractivity contribution in [1.29, 1.82) is 0 Å². The molecular weight excluding hydrogens is 226 g/mol. The summed E-state index contributed by atoms with van der Waals surface area (Å²) in [5.41, 5.74) is 4.29. The molecule has 3 nitrogen and oxygen atoms in total. The Kier molecular flexibility index (Phi) is 4.75. The number of likely N-dealkylation sites (N-methyl/N-ethyl adjacent to an activating group) is 1. The normalized spacial score (nSPS) is 16.7. The van der Waals surface area contributed by atoms with Gasteiger partial charge in [0.15, 0.2) is 0 Å². The molecule has 0 heterocycles. The summed E-state index contributed by atoms with van der Waals surface area (Å²) < 4.78 is 0. The van der Waals surface area contributed by atoms with Crippen molar-refractivity contribution in [2.75, 3.05) is 20.2 Å². The van der Waals surface area contributed by atoms with Gasteiger partial charge < -0.3 is 10.2 Å². The molecule has 0 radical (unpaired) electrons. The molecule has 1 aromatic rings. The zero-order chi connectivity index (χ0) is 13.0. The fourth-order valence-electron chi connectivity index (χ4n) is 2.68. The van der Waals surface area contributed by atoms with Crippen LogP contribution >= 0.6 is 0 Å². The molecular formula is C15H23NO2. The maximum atomic E-state index is 9.41. The Hall–Kier alpha value is -0.900. The number of rotatable bonds is 5. The average molecular weight is 249 g/mol. The monoisotopic (exact) mass is 249 g/mol. The van der Waals surface area contributed by atoms with E-state index in [1.165, 1.54) is 42.4 Å². The molecule has 0 aromatic heterocycles. The minimum absolute atomic E-state index is 0.172. The van der Waals surface area contributed by atoms with Crippen molar-refractivity contribution >= 4 is 0 Å². The van der Waals surface area contributed by atoms with Crippen molar-refractivity contribution < 1.29 is 10.2 Å². The molecule has 2 N–H and O–H groups in total. The van der Waals surface area contributed by atoms with Gasteiger partial charge in [-0.3, -0.25) is 4.90 Å². The molecule has 1 aromatic carbocycles. The molecule has 0 fully saturated rings. The van der Waals surface area contributed by atoms with Crippen LogP contribution in [-0.4, -0.2) is 41.4 Å². The number of aliphatic hydroxyl groups is 2. The highest BCUT2D eigenvalue weighted by molar-refractivity contribution is 5.33. The summed E-state index contributed by atoms with van der Waals surface area (Å²) in [5.74, 6) is 0. The van der Waals surface area contributed by atoms with Gasteiger partial charge in [-0.2, -0.15) is 0 Å². The van der Waals surface area contributed by atoms with Crippen LogP contribution in [0.15, 0.2) is 18.2 Å². The van der Waals surface area contributed by atoms with E-state index in [1.807, 2.05) is 11.9 Å². The van der Waals surface area contributed by atoms with E-state index in [4.69, 9.17) is 5.11 Å². The largest absolute Gasteiger partial charge is 0.394 e. The smallest absolute Gasteiger partial charge is 0.0897 e. The Balaban J connectivity index is 1.97. The van der Waals surface area contributed by atoms with Gasteiger partial charge >= 0.3 is 0 Å². The molecule has 0 saturated heterocycles. The molecule has 100 valence electrons. The van der Waals surface area contributed by atoms with Crippen LogP contribution < -0.4 is 0 Å². The van der Waals surface area contributed by atoms with Gasteiger partial charge in [-0.1, -0.05) is 18.2 Å². The van der Waals surface area contributed by atoms with Crippen molar-refractivity contribution in [2.24, 2.45) is 0 Å². The Morgan fingerprint density at radius 2 is 1.94 bits per heavy atom. The fraction of sp³-hybridized carbons (Fsp3) is 0.600. The molecule has 1 aliphatic carbocycles. The topological polar surface area (TPSA) is 43.7 Å². The first-order valence-corrected chi connectivity index (χ1v) is 6.77. The Morgan fingerprint density at radius 3 is 2.67 bits per heavy atom. The lowest BCUT2D eigenvalue weighted by atomic mass is 9.90. The van der Waals surface area contributed by atoms with Crippen molar-refractivity contribution in [3.8, 4) is 0 Å². The summed E-state index contributed by atoms with van der Waals surface area (Å²) in [5, 5.41) is 18.2. The summed E-state index contributed by atoms with van der Waals surface area (Å²) >= 11 is 0. The van der Waals surface area contributed by atoms with Crippen LogP contribution in [0.4, 0.5) is 0 Å². The average Bonchev–Trinajstić information content (AvgIpc) is 2.38. The van der Waals surface area contributed by atoms with Gasteiger partial charge in [0.25, 0.3) is 0 Å². The van der Waals surface area contributed by atoms with E-state index in [9.17, 15) is 5.11 Å². The van der Waals surface area contributed by atoms with Crippen LogP contribution in [0.3, 0.4) is 0 Å². The molecule has 3 heteroatoms. The van der Waals surface area contributed by atoms with Crippen LogP contribution in [0.1, 0.15) is 29.5 Å². The summed E-state index contributed by atoms with van der Waals surface area (Å²) in [7, 11) is 1.97. The number of hydrogen-bond acceptors (Lipinski definition) is 3. The molecule has 0 bridgehead atoms. The zero-order valence-electron chi connectivity index (χ0n) is 11.1. The van der Waals surface area contributed by atoms with Crippen LogP contribution in [0.2, 0.25) is 0 Å². The molecule has 0 spiro atoms. The number of fused-ring (bicyclic) bond motifs is 1. The predicted molar refractivity (Wildman–Crippen MR) is 72.5 cm³/mol. The van der Waals surface area contributed by atoms with Gasteiger partial charge in [-0.15, -0.1) is 0 Å². The van der Waals surface area contributed by atoms with Crippen molar-refractivity contribution in [3.05, 3.63) is 34.9 Å². The molecule has 0 saturated carbocycles. The summed E-state index contributed by atoms with van der Waals surface area (Å²) in [6.45, 7) is 1.16. The van der Waals surface area contributed by atoms with E-state index in [1.54, 1.807) is 0 Å². The third-order valence-electron chi connectivity index (χ3n) is 3.60. The van der Waals surface area contributed by atoms with Crippen molar-refractivity contribution in [3.63, 3.8) is 0 Å². The second-order valence-electron chi connectivity index (χ2n) is 5.34. The molecule has 1 unspecified atom stereocenters. The van der Waals surface area contributed by atoms with Gasteiger partial charge in [0.2, 0.25) is 0 Å². The van der Waals surface area contributed by atoms with E-state index in [-0.39, 0.29) is 6.61 Å². The lowest BCUT2D eigenvalue weighted by Gasteiger charge is -2.21. The maximum absolute atomic E-state index is 9.41. The number of nitrogens with zero attached hydrogens (tertiary/aromatic N) is 1. The molecule has 0 amide bonds. The summed E-state index contributed by atoms with van der Waals surface area (Å²) in [6.07, 6.45) is 4.39. The number of aryl methyl sites for hydroxylation is 2. The van der Waals surface area contributed by atoms with Gasteiger partial charge in [0.05, 0.1) is 12.7 Å². The van der Waals surface area contributed by atoms with Gasteiger partial charge in [-0.05, 0) is 49.4 Å². The fourth-order valence-corrected chi connectivity index (χ4v) is 2.68. The van der Waals surface area contributed by atoms with Crippen LogP contribution in [0, 0.1) is 0 Å². The number of benzene rings is 1. The molecule has 18 heavy (non-hydrogen) atoms. The Labute approximate surface area is 109 Å². The van der Waals surface area contributed by atoms with Gasteiger partial charge in [-0.25, -0.2) is 0 Å². The highest BCUT2D eigenvalue weighted by Crippen LogP contribution is 2.22. The first-order chi connectivity index (χ1) is 8.69. The van der Waals surface area contributed by atoms with Crippen LogP contribution in [0.5, 0.6) is 0 Å².